The molecule has 4 rings (SSSR count). The van der Waals surface area contributed by atoms with Gasteiger partial charge in [0.05, 0.1) is 27.5 Å². The molecular formula is C26H20BrFN2O6S. The standard InChI is InChI=1S/C26H20BrFN2O6S/c1-2-35-22-12-17(11-20(27)24(22)36-15-16-7-9-19(28)10-8-16)13-23-25(31)29(26(32)37-23)14-18-5-3-4-6-21(18)30(33)34/h3-13H,2,14-15H2,1H3/b23-13-. The summed E-state index contributed by atoms with van der Waals surface area (Å²) in [4.78, 5) is 37.5. The first-order valence-corrected chi connectivity index (χ1v) is 12.7. The summed E-state index contributed by atoms with van der Waals surface area (Å²) in [6, 6.07) is 15.3. The van der Waals surface area contributed by atoms with Gasteiger partial charge in [-0.15, -0.1) is 0 Å². The molecule has 1 saturated heterocycles. The lowest BCUT2D eigenvalue weighted by molar-refractivity contribution is -0.385. The van der Waals surface area contributed by atoms with Gasteiger partial charge >= 0.3 is 0 Å². The molecule has 0 N–H and O–H groups in total. The number of nitro groups is 1. The van der Waals surface area contributed by atoms with E-state index in [2.05, 4.69) is 15.9 Å². The molecule has 8 nitrogen and oxygen atoms in total. The van der Waals surface area contributed by atoms with Crippen molar-refractivity contribution in [3.05, 3.63) is 103 Å². The number of amides is 2. The van der Waals surface area contributed by atoms with Crippen LogP contribution in [0.25, 0.3) is 6.08 Å². The van der Waals surface area contributed by atoms with E-state index in [1.165, 1.54) is 30.3 Å². The van der Waals surface area contributed by atoms with Crippen molar-refractivity contribution >= 4 is 50.6 Å². The molecule has 0 aromatic heterocycles. The van der Waals surface area contributed by atoms with Crippen molar-refractivity contribution in [2.75, 3.05) is 6.61 Å². The molecule has 1 aliphatic heterocycles. The van der Waals surface area contributed by atoms with Crippen LogP contribution in [0.4, 0.5) is 14.9 Å². The van der Waals surface area contributed by atoms with Crippen LogP contribution < -0.4 is 9.47 Å². The second-order valence-corrected chi connectivity index (χ2v) is 9.68. The molecule has 0 unspecified atom stereocenters. The van der Waals surface area contributed by atoms with Crippen molar-refractivity contribution < 1.29 is 28.4 Å². The van der Waals surface area contributed by atoms with Crippen molar-refractivity contribution in [3.8, 4) is 11.5 Å². The molecule has 3 aromatic carbocycles. The van der Waals surface area contributed by atoms with Crippen LogP contribution in [0.5, 0.6) is 11.5 Å². The topological polar surface area (TPSA) is 99.0 Å². The third-order valence-electron chi connectivity index (χ3n) is 5.32. The molecule has 37 heavy (non-hydrogen) atoms. The van der Waals surface area contributed by atoms with E-state index in [1.807, 2.05) is 6.92 Å². The van der Waals surface area contributed by atoms with Gasteiger partial charge in [-0.05, 0) is 76.1 Å². The van der Waals surface area contributed by atoms with Crippen molar-refractivity contribution in [2.24, 2.45) is 0 Å². The first kappa shape index (κ1) is 26.4. The number of carbonyl (C=O) groups is 2. The third-order valence-corrected chi connectivity index (χ3v) is 6.81. The highest BCUT2D eigenvalue weighted by Crippen LogP contribution is 2.40. The Hall–Kier alpha value is -3.70. The Labute approximate surface area is 224 Å². The molecule has 0 radical (unpaired) electrons. The summed E-state index contributed by atoms with van der Waals surface area (Å²) in [7, 11) is 0. The number of rotatable bonds is 9. The fraction of sp³-hybridized carbons (Fsp3) is 0.154. The normalized spacial score (nSPS) is 14.4. The van der Waals surface area contributed by atoms with Gasteiger partial charge in [0.2, 0.25) is 0 Å². The van der Waals surface area contributed by atoms with Crippen LogP contribution in [0.3, 0.4) is 0 Å². The second kappa shape index (κ2) is 11.6. The Morgan fingerprint density at radius 3 is 2.54 bits per heavy atom. The van der Waals surface area contributed by atoms with Gasteiger partial charge in [0.15, 0.2) is 11.5 Å². The van der Waals surface area contributed by atoms with Gasteiger partial charge in [-0.1, -0.05) is 30.3 Å². The molecule has 3 aromatic rings. The summed E-state index contributed by atoms with van der Waals surface area (Å²) in [5.74, 6) is -0.0215. The van der Waals surface area contributed by atoms with E-state index in [0.717, 1.165) is 22.2 Å². The Bertz CT molecular complexity index is 1400. The summed E-state index contributed by atoms with van der Waals surface area (Å²) in [5, 5.41) is 10.8. The van der Waals surface area contributed by atoms with E-state index in [9.17, 15) is 24.1 Å². The third kappa shape index (κ3) is 6.17. The van der Waals surface area contributed by atoms with Crippen LogP contribution in [0.1, 0.15) is 23.6 Å². The zero-order valence-electron chi connectivity index (χ0n) is 19.5. The minimum atomic E-state index is -0.545. The zero-order chi connectivity index (χ0) is 26.5. The molecule has 0 saturated carbocycles. The highest BCUT2D eigenvalue weighted by atomic mass is 79.9. The number of ether oxygens (including phenoxy) is 2. The minimum absolute atomic E-state index is 0.160. The van der Waals surface area contributed by atoms with Crippen molar-refractivity contribution in [3.63, 3.8) is 0 Å². The summed E-state index contributed by atoms with van der Waals surface area (Å²) >= 11 is 4.24. The summed E-state index contributed by atoms with van der Waals surface area (Å²) < 4.78 is 25.4. The lowest BCUT2D eigenvalue weighted by Gasteiger charge is -2.15. The van der Waals surface area contributed by atoms with Crippen LogP contribution in [-0.4, -0.2) is 27.6 Å². The van der Waals surface area contributed by atoms with Crippen LogP contribution in [0, 0.1) is 15.9 Å². The fourth-order valence-corrected chi connectivity index (χ4v) is 5.00. The number of imide groups is 1. The predicted octanol–water partition coefficient (Wildman–Crippen LogP) is 6.71. The number of nitrogens with zero attached hydrogens (tertiary/aromatic N) is 2. The molecule has 0 atom stereocenters. The summed E-state index contributed by atoms with van der Waals surface area (Å²) in [5.41, 5.74) is 1.46. The Balaban J connectivity index is 1.56. The largest absolute Gasteiger partial charge is 0.490 e. The van der Waals surface area contributed by atoms with E-state index in [4.69, 9.17) is 9.47 Å². The van der Waals surface area contributed by atoms with Gasteiger partial charge in [-0.3, -0.25) is 24.6 Å². The van der Waals surface area contributed by atoms with E-state index >= 15 is 0 Å². The van der Waals surface area contributed by atoms with Crippen molar-refractivity contribution in [2.45, 2.75) is 20.1 Å². The van der Waals surface area contributed by atoms with Crippen LogP contribution in [0.15, 0.2) is 70.0 Å². The number of hydrogen-bond acceptors (Lipinski definition) is 7. The van der Waals surface area contributed by atoms with E-state index in [-0.39, 0.29) is 35.1 Å². The lowest BCUT2D eigenvalue weighted by Crippen LogP contribution is -2.27. The quantitative estimate of drug-likeness (QED) is 0.156. The molecule has 0 aliphatic carbocycles. The van der Waals surface area contributed by atoms with Gasteiger partial charge < -0.3 is 9.47 Å². The SMILES string of the molecule is CCOc1cc(/C=C2\SC(=O)N(Cc3ccccc3[N+](=O)[O-])C2=O)cc(Br)c1OCc1ccc(F)cc1. The number of carbonyl (C=O) groups excluding carboxylic acids is 2. The number of hydrogen-bond donors (Lipinski definition) is 0. The molecule has 190 valence electrons. The molecular weight excluding hydrogens is 567 g/mol. The van der Waals surface area contributed by atoms with Gasteiger partial charge in [-0.2, -0.15) is 0 Å². The van der Waals surface area contributed by atoms with E-state index in [1.54, 1.807) is 36.4 Å². The summed E-state index contributed by atoms with van der Waals surface area (Å²) in [6.45, 7) is 2.15. The Morgan fingerprint density at radius 2 is 1.84 bits per heavy atom. The van der Waals surface area contributed by atoms with Gasteiger partial charge in [0.1, 0.15) is 12.4 Å². The first-order chi connectivity index (χ1) is 17.8. The van der Waals surface area contributed by atoms with Crippen LogP contribution in [-0.2, 0) is 17.9 Å². The van der Waals surface area contributed by atoms with Gasteiger partial charge in [0.25, 0.3) is 16.8 Å². The van der Waals surface area contributed by atoms with E-state index in [0.29, 0.717) is 28.1 Å². The summed E-state index contributed by atoms with van der Waals surface area (Å²) in [6.07, 6.45) is 1.56. The maximum Gasteiger partial charge on any atom is 0.293 e. The monoisotopic (exact) mass is 586 g/mol. The van der Waals surface area contributed by atoms with Crippen LogP contribution in [0.2, 0.25) is 0 Å². The highest BCUT2D eigenvalue weighted by molar-refractivity contribution is 9.10. The van der Waals surface area contributed by atoms with E-state index < -0.39 is 16.1 Å². The average Bonchev–Trinajstić information content (AvgIpc) is 3.12. The number of nitro benzene ring substituents is 1. The smallest absolute Gasteiger partial charge is 0.293 e. The van der Waals surface area contributed by atoms with Gasteiger partial charge in [-0.25, -0.2) is 4.39 Å². The highest BCUT2D eigenvalue weighted by Gasteiger charge is 2.36. The lowest BCUT2D eigenvalue weighted by atomic mass is 10.1. The molecule has 1 heterocycles. The predicted molar refractivity (Wildman–Crippen MR) is 141 cm³/mol. The maximum atomic E-state index is 13.2. The molecule has 0 spiro atoms. The van der Waals surface area contributed by atoms with Crippen molar-refractivity contribution in [1.29, 1.82) is 0 Å². The Morgan fingerprint density at radius 1 is 1.11 bits per heavy atom. The molecule has 0 bridgehead atoms. The van der Waals surface area contributed by atoms with Gasteiger partial charge in [0, 0.05) is 11.6 Å². The number of para-hydroxylation sites is 1. The molecule has 1 aliphatic rings. The first-order valence-electron chi connectivity index (χ1n) is 11.1. The maximum absolute atomic E-state index is 13.2. The molecule has 11 heteroatoms. The van der Waals surface area contributed by atoms with Crippen LogP contribution >= 0.6 is 27.7 Å². The Kier molecular flexibility index (Phi) is 8.24. The fourth-order valence-electron chi connectivity index (χ4n) is 3.59. The molecule has 2 amide bonds. The number of benzene rings is 3. The van der Waals surface area contributed by atoms with Crippen molar-refractivity contribution in [1.82, 2.24) is 4.90 Å². The minimum Gasteiger partial charge on any atom is -0.490 e. The zero-order valence-corrected chi connectivity index (χ0v) is 21.9. The second-order valence-electron chi connectivity index (χ2n) is 7.83. The number of halogens is 2. The average molecular weight is 587 g/mol. The molecule has 1 fully saturated rings. The number of thioether (sulfide) groups is 1.